The van der Waals surface area contributed by atoms with Gasteiger partial charge in [0, 0.05) is 5.39 Å². The van der Waals surface area contributed by atoms with Crippen LogP contribution in [0.1, 0.15) is 38.5 Å². The quantitative estimate of drug-likeness (QED) is 0.730. The van der Waals surface area contributed by atoms with Crippen LogP contribution >= 0.6 is 0 Å². The van der Waals surface area contributed by atoms with Crippen molar-refractivity contribution in [3.63, 3.8) is 0 Å². The summed E-state index contributed by atoms with van der Waals surface area (Å²) in [7, 11) is 0. The lowest BCUT2D eigenvalue weighted by Gasteiger charge is -2.16. The summed E-state index contributed by atoms with van der Waals surface area (Å²) in [5, 5.41) is 1.16. The molecule has 0 spiro atoms. The number of benzene rings is 1. The summed E-state index contributed by atoms with van der Waals surface area (Å²) in [6.07, 6.45) is 9.92. The molecule has 1 aliphatic carbocycles. The summed E-state index contributed by atoms with van der Waals surface area (Å²) < 4.78 is 6.08. The summed E-state index contributed by atoms with van der Waals surface area (Å²) in [4.78, 5) is 4.45. The molecule has 2 aromatic rings. The molecule has 0 saturated heterocycles. The number of hydrogen-bond acceptors (Lipinski definition) is 2. The van der Waals surface area contributed by atoms with E-state index < -0.39 is 0 Å². The number of pyridine rings is 1. The summed E-state index contributed by atoms with van der Waals surface area (Å²) in [6.45, 7) is 0. The normalized spacial score (nSPS) is 17.6. The Labute approximate surface area is 108 Å². The largest absolute Gasteiger partial charge is 0.489 e. The summed E-state index contributed by atoms with van der Waals surface area (Å²) in [5.74, 6) is 0.917. The van der Waals surface area contributed by atoms with Crippen LogP contribution in [-0.2, 0) is 0 Å². The van der Waals surface area contributed by atoms with Gasteiger partial charge in [-0.25, -0.2) is 0 Å². The highest BCUT2D eigenvalue weighted by atomic mass is 16.5. The molecule has 1 saturated carbocycles. The summed E-state index contributed by atoms with van der Waals surface area (Å²) in [5.41, 5.74) is 1.03. The van der Waals surface area contributed by atoms with Gasteiger partial charge in [0.05, 0.1) is 17.8 Å². The molecule has 1 aromatic heterocycles. The Morgan fingerprint density at radius 3 is 2.61 bits per heavy atom. The number of fused-ring (bicyclic) bond motifs is 1. The number of hydrogen-bond donors (Lipinski definition) is 0. The lowest BCUT2D eigenvalue weighted by Crippen LogP contribution is -2.15. The maximum absolute atomic E-state index is 6.08. The third kappa shape index (κ3) is 2.63. The van der Waals surface area contributed by atoms with Crippen molar-refractivity contribution in [2.45, 2.75) is 44.6 Å². The van der Waals surface area contributed by atoms with Gasteiger partial charge >= 0.3 is 0 Å². The van der Waals surface area contributed by atoms with Crippen LogP contribution in [0.3, 0.4) is 0 Å². The molecule has 0 aliphatic heterocycles. The molecule has 0 atom stereocenters. The van der Waals surface area contributed by atoms with Crippen molar-refractivity contribution in [3.05, 3.63) is 36.5 Å². The van der Waals surface area contributed by atoms with Gasteiger partial charge in [-0.15, -0.1) is 0 Å². The van der Waals surface area contributed by atoms with Gasteiger partial charge in [0.15, 0.2) is 0 Å². The Morgan fingerprint density at radius 1 is 1.00 bits per heavy atom. The van der Waals surface area contributed by atoms with Gasteiger partial charge in [0.2, 0.25) is 0 Å². The van der Waals surface area contributed by atoms with Gasteiger partial charge in [-0.2, -0.15) is 0 Å². The van der Waals surface area contributed by atoms with Crippen LogP contribution in [0.4, 0.5) is 0 Å². The Hall–Kier alpha value is -1.57. The minimum atomic E-state index is 0.385. The third-order valence-electron chi connectivity index (χ3n) is 3.67. The smallest absolute Gasteiger partial charge is 0.138 e. The number of rotatable bonds is 2. The van der Waals surface area contributed by atoms with E-state index in [-0.39, 0.29) is 0 Å². The van der Waals surface area contributed by atoms with E-state index in [2.05, 4.69) is 17.1 Å². The SMILES string of the molecule is c1ccc2ncc(OC3CCCCCC3)cc2c1. The molecule has 1 heterocycles. The standard InChI is InChI=1S/C16H19NO/c1-2-4-9-14(8-3-1)18-15-11-13-7-5-6-10-16(13)17-12-15/h5-7,10-12,14H,1-4,8-9H2. The molecule has 18 heavy (non-hydrogen) atoms. The Balaban J connectivity index is 1.77. The summed E-state index contributed by atoms with van der Waals surface area (Å²) in [6, 6.07) is 10.3. The fraction of sp³-hybridized carbons (Fsp3) is 0.438. The van der Waals surface area contributed by atoms with E-state index in [1.165, 1.54) is 38.5 Å². The molecular formula is C16H19NO. The predicted molar refractivity (Wildman–Crippen MR) is 73.9 cm³/mol. The monoisotopic (exact) mass is 241 g/mol. The molecule has 3 rings (SSSR count). The van der Waals surface area contributed by atoms with Crippen molar-refractivity contribution in [2.24, 2.45) is 0 Å². The van der Waals surface area contributed by atoms with E-state index in [0.29, 0.717) is 6.10 Å². The first-order valence-corrected chi connectivity index (χ1v) is 6.93. The lowest BCUT2D eigenvalue weighted by atomic mass is 10.1. The van der Waals surface area contributed by atoms with Crippen molar-refractivity contribution in [2.75, 3.05) is 0 Å². The minimum absolute atomic E-state index is 0.385. The van der Waals surface area contributed by atoms with E-state index in [1.807, 2.05) is 24.4 Å². The zero-order valence-electron chi connectivity index (χ0n) is 10.6. The van der Waals surface area contributed by atoms with E-state index in [9.17, 15) is 0 Å². The van der Waals surface area contributed by atoms with E-state index in [0.717, 1.165) is 16.7 Å². The van der Waals surface area contributed by atoms with E-state index in [1.54, 1.807) is 0 Å². The average Bonchev–Trinajstić information content (AvgIpc) is 2.67. The second-order valence-electron chi connectivity index (χ2n) is 5.10. The predicted octanol–water partition coefficient (Wildman–Crippen LogP) is 4.34. The number of aromatic nitrogens is 1. The molecule has 94 valence electrons. The van der Waals surface area contributed by atoms with Crippen molar-refractivity contribution in [1.29, 1.82) is 0 Å². The average molecular weight is 241 g/mol. The number of para-hydroxylation sites is 1. The molecule has 1 aromatic carbocycles. The maximum Gasteiger partial charge on any atom is 0.138 e. The molecule has 0 amide bonds. The third-order valence-corrected chi connectivity index (χ3v) is 3.67. The molecule has 0 radical (unpaired) electrons. The van der Waals surface area contributed by atoms with Gasteiger partial charge in [-0.3, -0.25) is 4.98 Å². The number of ether oxygens (including phenoxy) is 1. The highest BCUT2D eigenvalue weighted by Gasteiger charge is 2.13. The zero-order valence-corrected chi connectivity index (χ0v) is 10.6. The zero-order chi connectivity index (χ0) is 12.2. The molecule has 0 unspecified atom stereocenters. The Bertz CT molecular complexity index is 515. The van der Waals surface area contributed by atoms with Crippen molar-refractivity contribution in [1.82, 2.24) is 4.98 Å². The first-order valence-electron chi connectivity index (χ1n) is 6.93. The molecule has 0 bridgehead atoms. The molecule has 1 aliphatic rings. The van der Waals surface area contributed by atoms with Crippen LogP contribution < -0.4 is 4.74 Å². The van der Waals surface area contributed by atoms with Gasteiger partial charge < -0.3 is 4.74 Å². The molecule has 1 fully saturated rings. The van der Waals surface area contributed by atoms with Crippen molar-refractivity contribution >= 4 is 10.9 Å². The summed E-state index contributed by atoms with van der Waals surface area (Å²) >= 11 is 0. The first-order chi connectivity index (χ1) is 8.92. The Morgan fingerprint density at radius 2 is 1.78 bits per heavy atom. The van der Waals surface area contributed by atoms with Crippen LogP contribution in [0.5, 0.6) is 5.75 Å². The van der Waals surface area contributed by atoms with Gasteiger partial charge in [0.25, 0.3) is 0 Å². The lowest BCUT2D eigenvalue weighted by molar-refractivity contribution is 0.183. The fourth-order valence-corrected chi connectivity index (χ4v) is 2.67. The van der Waals surface area contributed by atoms with E-state index in [4.69, 9.17) is 4.74 Å². The fourth-order valence-electron chi connectivity index (χ4n) is 2.67. The highest BCUT2D eigenvalue weighted by Crippen LogP contribution is 2.24. The van der Waals surface area contributed by atoms with Crippen LogP contribution in [-0.4, -0.2) is 11.1 Å². The topological polar surface area (TPSA) is 22.1 Å². The molecular weight excluding hydrogens is 222 g/mol. The maximum atomic E-state index is 6.08. The van der Waals surface area contributed by atoms with Crippen LogP contribution in [0.2, 0.25) is 0 Å². The van der Waals surface area contributed by atoms with Crippen LogP contribution in [0.15, 0.2) is 36.5 Å². The first kappa shape index (κ1) is 11.5. The van der Waals surface area contributed by atoms with E-state index >= 15 is 0 Å². The highest BCUT2D eigenvalue weighted by molar-refractivity contribution is 5.79. The number of nitrogens with zero attached hydrogens (tertiary/aromatic N) is 1. The van der Waals surface area contributed by atoms with Crippen molar-refractivity contribution in [3.8, 4) is 5.75 Å². The molecule has 2 heteroatoms. The van der Waals surface area contributed by atoms with Gasteiger partial charge in [-0.05, 0) is 37.8 Å². The van der Waals surface area contributed by atoms with Gasteiger partial charge in [-0.1, -0.05) is 31.0 Å². The molecule has 2 nitrogen and oxygen atoms in total. The van der Waals surface area contributed by atoms with Crippen LogP contribution in [0.25, 0.3) is 10.9 Å². The molecule has 0 N–H and O–H groups in total. The second kappa shape index (κ2) is 5.38. The Kier molecular flexibility index (Phi) is 3.44. The van der Waals surface area contributed by atoms with Crippen molar-refractivity contribution < 1.29 is 4.74 Å². The van der Waals surface area contributed by atoms with Crippen LogP contribution in [0, 0.1) is 0 Å². The van der Waals surface area contributed by atoms with Gasteiger partial charge in [0.1, 0.15) is 5.75 Å². The second-order valence-corrected chi connectivity index (χ2v) is 5.10. The minimum Gasteiger partial charge on any atom is -0.489 e.